The first kappa shape index (κ1) is 24.2. The number of aromatic amines is 1. The van der Waals surface area contributed by atoms with E-state index in [9.17, 15) is 22.4 Å². The van der Waals surface area contributed by atoms with Crippen LogP contribution in [0, 0.1) is 33.5 Å². The second-order valence-corrected chi connectivity index (χ2v) is 10.2. The van der Waals surface area contributed by atoms with E-state index in [1.807, 2.05) is 0 Å². The van der Waals surface area contributed by atoms with Gasteiger partial charge in [-0.25, -0.2) is 17.6 Å². The fraction of sp³-hybridized carbons (Fsp3) is 0.200. The molecule has 0 radical (unpaired) electrons. The minimum Gasteiger partial charge on any atom is -0.421 e. The average molecular weight is 498 g/mol. The van der Waals surface area contributed by atoms with Gasteiger partial charge in [0.25, 0.3) is 5.56 Å². The molecule has 0 amide bonds. The minimum atomic E-state index is -3.55. The van der Waals surface area contributed by atoms with Crippen LogP contribution in [0.5, 0.6) is 0 Å². The van der Waals surface area contributed by atoms with Crippen molar-refractivity contribution in [3.8, 4) is 11.1 Å². The molecule has 4 rings (SSSR count). The van der Waals surface area contributed by atoms with Crippen LogP contribution in [0.15, 0.2) is 50.4 Å². The highest BCUT2D eigenvalue weighted by Gasteiger charge is 2.23. The zero-order valence-corrected chi connectivity index (χ0v) is 20.6. The number of sulfonamides is 1. The van der Waals surface area contributed by atoms with Crippen molar-refractivity contribution in [3.63, 3.8) is 0 Å². The number of aryl methyl sites for hydroxylation is 2. The summed E-state index contributed by atoms with van der Waals surface area (Å²) >= 11 is 0. The molecule has 0 aliphatic rings. The number of benzene rings is 2. The van der Waals surface area contributed by atoms with Gasteiger partial charge in [0.05, 0.1) is 28.9 Å². The number of H-pyrrole nitrogens is 1. The molecule has 182 valence electrons. The number of nitrogens with one attached hydrogen (secondary N) is 3. The fourth-order valence-electron chi connectivity index (χ4n) is 4.06. The van der Waals surface area contributed by atoms with E-state index in [0.29, 0.717) is 33.6 Å². The lowest BCUT2D eigenvalue weighted by atomic mass is 9.96. The summed E-state index contributed by atoms with van der Waals surface area (Å²) < 4.78 is 46.5. The topological polar surface area (TPSA) is 121 Å². The van der Waals surface area contributed by atoms with Crippen molar-refractivity contribution in [3.05, 3.63) is 85.4 Å². The molecule has 3 N–H and O–H groups in total. The lowest BCUT2D eigenvalue weighted by Gasteiger charge is -2.17. The Hall–Kier alpha value is -3.92. The summed E-state index contributed by atoms with van der Waals surface area (Å²) in [6, 6.07) is 9.77. The van der Waals surface area contributed by atoms with Crippen LogP contribution in [0.25, 0.3) is 22.1 Å². The van der Waals surface area contributed by atoms with Gasteiger partial charge in [-0.15, -0.1) is 0 Å². The Morgan fingerprint density at radius 2 is 1.60 bits per heavy atom. The summed E-state index contributed by atoms with van der Waals surface area (Å²) in [5.74, 6) is -0.507. The Kier molecular flexibility index (Phi) is 6.02. The summed E-state index contributed by atoms with van der Waals surface area (Å²) in [6.07, 6.45) is 1.05. The maximum Gasteiger partial charge on any atom is 0.341 e. The predicted molar refractivity (Wildman–Crippen MR) is 136 cm³/mol. The number of pyridine rings is 1. The molecule has 2 aromatic carbocycles. The van der Waals surface area contributed by atoms with Crippen molar-refractivity contribution in [2.24, 2.45) is 0 Å². The largest absolute Gasteiger partial charge is 0.421 e. The maximum absolute atomic E-state index is 14.8. The minimum absolute atomic E-state index is 0.0111. The number of anilines is 3. The van der Waals surface area contributed by atoms with Gasteiger partial charge in [0.1, 0.15) is 11.2 Å². The molecule has 0 unspecified atom stereocenters. The van der Waals surface area contributed by atoms with Gasteiger partial charge in [-0.3, -0.25) is 9.52 Å². The molecule has 0 saturated heterocycles. The van der Waals surface area contributed by atoms with Gasteiger partial charge in [0.2, 0.25) is 10.0 Å². The molecular weight excluding hydrogens is 473 g/mol. The van der Waals surface area contributed by atoms with Crippen LogP contribution in [-0.2, 0) is 10.0 Å². The highest BCUT2D eigenvalue weighted by atomic mass is 32.2. The molecule has 8 nitrogen and oxygen atoms in total. The first-order valence-corrected chi connectivity index (χ1v) is 12.6. The molecule has 0 aliphatic heterocycles. The second kappa shape index (κ2) is 8.70. The molecule has 0 aliphatic carbocycles. The lowest BCUT2D eigenvalue weighted by Crippen LogP contribution is -2.17. The molecule has 0 fully saturated rings. The van der Waals surface area contributed by atoms with E-state index in [1.54, 1.807) is 51.1 Å². The molecule has 2 heterocycles. The van der Waals surface area contributed by atoms with Crippen molar-refractivity contribution < 1.29 is 17.2 Å². The first-order valence-electron chi connectivity index (χ1n) is 10.7. The molecule has 0 saturated carbocycles. The number of halogens is 1. The van der Waals surface area contributed by atoms with E-state index in [-0.39, 0.29) is 27.9 Å². The standard InChI is InChI=1S/C25H24FN3O5S/c1-12-8-6-11-18(21(12)26)28-22-14(3)25(31)34-23-19(15(4)27-24(30)20(22)23)16-9-7-10-17(13(16)2)29-35(5,32)33/h6-11,28-29H,1-5H3,(H,27,30). The van der Waals surface area contributed by atoms with Crippen molar-refractivity contribution in [1.29, 1.82) is 0 Å². The van der Waals surface area contributed by atoms with Gasteiger partial charge in [-0.1, -0.05) is 24.3 Å². The molecule has 35 heavy (non-hydrogen) atoms. The quantitative estimate of drug-likeness (QED) is 0.369. The Morgan fingerprint density at radius 3 is 2.29 bits per heavy atom. The molecule has 0 atom stereocenters. The van der Waals surface area contributed by atoms with Gasteiger partial charge >= 0.3 is 5.63 Å². The number of hydrogen-bond donors (Lipinski definition) is 3. The van der Waals surface area contributed by atoms with Crippen molar-refractivity contribution >= 4 is 38.1 Å². The van der Waals surface area contributed by atoms with Crippen LogP contribution in [0.2, 0.25) is 0 Å². The average Bonchev–Trinajstić information content (AvgIpc) is 2.75. The van der Waals surface area contributed by atoms with Crippen molar-refractivity contribution in [2.45, 2.75) is 27.7 Å². The SMILES string of the molecule is Cc1cccc(Nc2c(C)c(=O)oc3c(-c4cccc(NS(C)(=O)=O)c4C)c(C)[nH]c(=O)c23)c1F. The molecule has 0 spiro atoms. The van der Waals surface area contributed by atoms with Gasteiger partial charge in [0.15, 0.2) is 5.58 Å². The monoisotopic (exact) mass is 497 g/mol. The molecule has 10 heteroatoms. The Morgan fingerprint density at radius 1 is 0.943 bits per heavy atom. The summed E-state index contributed by atoms with van der Waals surface area (Å²) in [7, 11) is -3.55. The predicted octanol–water partition coefficient (Wildman–Crippen LogP) is 4.64. The van der Waals surface area contributed by atoms with E-state index in [2.05, 4.69) is 15.0 Å². The van der Waals surface area contributed by atoms with Crippen molar-refractivity contribution in [2.75, 3.05) is 16.3 Å². The third kappa shape index (κ3) is 4.44. The van der Waals surface area contributed by atoms with Crippen LogP contribution in [0.4, 0.5) is 21.5 Å². The van der Waals surface area contributed by atoms with Gasteiger partial charge in [0, 0.05) is 11.3 Å². The van der Waals surface area contributed by atoms with Crippen LogP contribution in [0.3, 0.4) is 0 Å². The van der Waals surface area contributed by atoms with Crippen LogP contribution >= 0.6 is 0 Å². The van der Waals surface area contributed by atoms with E-state index >= 15 is 0 Å². The van der Waals surface area contributed by atoms with Crippen molar-refractivity contribution in [1.82, 2.24) is 4.98 Å². The molecule has 4 aromatic rings. The molecular formula is C25H24FN3O5S. The first-order chi connectivity index (χ1) is 16.4. The van der Waals surface area contributed by atoms with Crippen LogP contribution in [-0.4, -0.2) is 19.7 Å². The number of aromatic nitrogens is 1. The summed E-state index contributed by atoms with van der Waals surface area (Å²) in [4.78, 5) is 28.7. The number of hydrogen-bond acceptors (Lipinski definition) is 6. The molecule has 2 aromatic heterocycles. The highest BCUT2D eigenvalue weighted by molar-refractivity contribution is 7.92. The molecule has 0 bridgehead atoms. The summed E-state index contributed by atoms with van der Waals surface area (Å²) in [5.41, 5.74) is 1.85. The van der Waals surface area contributed by atoms with Gasteiger partial charge in [-0.05, 0) is 56.5 Å². The van der Waals surface area contributed by atoms with Gasteiger partial charge < -0.3 is 14.7 Å². The normalized spacial score (nSPS) is 11.6. The Bertz CT molecular complexity index is 1720. The van der Waals surface area contributed by atoms with Gasteiger partial charge in [-0.2, -0.15) is 0 Å². The lowest BCUT2D eigenvalue weighted by molar-refractivity contribution is 0.555. The zero-order valence-electron chi connectivity index (χ0n) is 19.8. The smallest absolute Gasteiger partial charge is 0.341 e. The third-order valence-corrected chi connectivity index (χ3v) is 6.42. The summed E-state index contributed by atoms with van der Waals surface area (Å²) in [5, 5.41) is 2.96. The van der Waals surface area contributed by atoms with E-state index in [4.69, 9.17) is 4.42 Å². The number of fused-ring (bicyclic) bond motifs is 1. The van der Waals surface area contributed by atoms with E-state index < -0.39 is 27.0 Å². The van der Waals surface area contributed by atoms with E-state index in [1.165, 1.54) is 13.0 Å². The fourth-order valence-corrected chi connectivity index (χ4v) is 4.68. The third-order valence-electron chi connectivity index (χ3n) is 5.83. The van der Waals surface area contributed by atoms with Crippen LogP contribution < -0.4 is 21.2 Å². The highest BCUT2D eigenvalue weighted by Crippen LogP contribution is 2.37. The summed E-state index contributed by atoms with van der Waals surface area (Å²) in [6.45, 7) is 6.47. The second-order valence-electron chi connectivity index (χ2n) is 8.46. The zero-order chi connectivity index (χ0) is 25.7. The number of rotatable bonds is 5. The van der Waals surface area contributed by atoms with Crippen LogP contribution in [0.1, 0.15) is 22.4 Å². The maximum atomic E-state index is 14.8. The van der Waals surface area contributed by atoms with E-state index in [0.717, 1.165) is 6.26 Å². The Labute approximate surface area is 200 Å². The Balaban J connectivity index is 2.06.